The van der Waals surface area contributed by atoms with E-state index in [9.17, 15) is 0 Å². The molecule has 0 atom stereocenters. The quantitative estimate of drug-likeness (QED) is 0.149. The number of allylic oxidation sites excluding steroid dienone is 1. The lowest BCUT2D eigenvalue weighted by atomic mass is 9.98. The molecule has 4 nitrogen and oxygen atoms in total. The third-order valence-corrected chi connectivity index (χ3v) is 11.8. The highest BCUT2D eigenvalue weighted by atomic mass is 15.2. The molecule has 0 aliphatic carbocycles. The Kier molecular flexibility index (Phi) is 7.65. The van der Waals surface area contributed by atoms with Gasteiger partial charge in [-0.3, -0.25) is 0 Å². The van der Waals surface area contributed by atoms with Crippen molar-refractivity contribution in [3.8, 4) is 39.4 Å². The number of aromatic nitrogens is 3. The van der Waals surface area contributed by atoms with Crippen molar-refractivity contribution in [2.75, 3.05) is 4.90 Å². The highest BCUT2D eigenvalue weighted by Crippen LogP contribution is 2.54. The summed E-state index contributed by atoms with van der Waals surface area (Å²) in [5.41, 5.74) is 17.9. The van der Waals surface area contributed by atoms with Gasteiger partial charge in [-0.05, 0) is 98.1 Å². The molecule has 4 heterocycles. The predicted octanol–water partition coefficient (Wildman–Crippen LogP) is 14.1. The summed E-state index contributed by atoms with van der Waals surface area (Å²) in [5, 5.41) is 3.76. The van der Waals surface area contributed by atoms with Crippen molar-refractivity contribution in [1.82, 2.24) is 13.7 Å². The van der Waals surface area contributed by atoms with Crippen LogP contribution < -0.4 is 4.90 Å². The lowest BCUT2D eigenvalue weighted by Crippen LogP contribution is -2.12. The summed E-state index contributed by atoms with van der Waals surface area (Å²) in [6.07, 6.45) is 6.04. The molecule has 3 aromatic heterocycles. The van der Waals surface area contributed by atoms with Gasteiger partial charge < -0.3 is 18.6 Å². The van der Waals surface area contributed by atoms with E-state index >= 15 is 0 Å². The van der Waals surface area contributed by atoms with Crippen LogP contribution in [0.5, 0.6) is 0 Å². The summed E-state index contributed by atoms with van der Waals surface area (Å²) in [6, 6.07) is 64.1. The van der Waals surface area contributed by atoms with Crippen LogP contribution in [0.25, 0.3) is 72.2 Å². The first kappa shape index (κ1) is 33.1. The lowest BCUT2D eigenvalue weighted by Gasteiger charge is -2.28. The zero-order chi connectivity index (χ0) is 38.0. The van der Waals surface area contributed by atoms with Crippen LogP contribution in [0.1, 0.15) is 17.7 Å². The Morgan fingerprint density at radius 1 is 0.509 bits per heavy atom. The highest BCUT2D eigenvalue weighted by Gasteiger charge is 2.31. The molecule has 4 heteroatoms. The van der Waals surface area contributed by atoms with E-state index in [0.29, 0.717) is 0 Å². The van der Waals surface area contributed by atoms with Gasteiger partial charge in [0.05, 0.1) is 33.6 Å². The van der Waals surface area contributed by atoms with Crippen molar-refractivity contribution in [2.24, 2.45) is 0 Å². The Labute approximate surface area is 332 Å². The average molecular weight is 733 g/mol. The van der Waals surface area contributed by atoms with Crippen LogP contribution in [0.3, 0.4) is 0 Å². The lowest BCUT2D eigenvalue weighted by molar-refractivity contribution is 0.891. The number of hydrogen-bond acceptors (Lipinski definition) is 1. The number of para-hydroxylation sites is 5. The van der Waals surface area contributed by atoms with Crippen LogP contribution in [-0.4, -0.2) is 13.7 Å². The highest BCUT2D eigenvalue weighted by molar-refractivity contribution is 6.13. The monoisotopic (exact) mass is 732 g/mol. The van der Waals surface area contributed by atoms with Crippen molar-refractivity contribution in [1.29, 1.82) is 0 Å². The number of rotatable bonds is 7. The molecule has 0 saturated heterocycles. The number of aryl methyl sites for hydroxylation is 1. The molecule has 0 N–H and O–H groups in total. The summed E-state index contributed by atoms with van der Waals surface area (Å²) < 4.78 is 7.28. The van der Waals surface area contributed by atoms with E-state index in [2.05, 4.69) is 214 Å². The summed E-state index contributed by atoms with van der Waals surface area (Å²) in [6.45, 7) is 6.40. The van der Waals surface area contributed by atoms with Gasteiger partial charge in [0, 0.05) is 67.5 Å². The molecule has 0 bridgehead atoms. The van der Waals surface area contributed by atoms with Gasteiger partial charge in [0.2, 0.25) is 0 Å². The molecule has 0 amide bonds. The van der Waals surface area contributed by atoms with Crippen molar-refractivity contribution in [3.05, 3.63) is 206 Å². The molecule has 0 spiro atoms. The van der Waals surface area contributed by atoms with Gasteiger partial charge in [0.1, 0.15) is 0 Å². The van der Waals surface area contributed by atoms with Gasteiger partial charge in [-0.2, -0.15) is 0 Å². The third kappa shape index (κ3) is 5.00. The van der Waals surface area contributed by atoms with Crippen LogP contribution >= 0.6 is 0 Å². The first-order valence-corrected chi connectivity index (χ1v) is 19.8. The van der Waals surface area contributed by atoms with Crippen LogP contribution in [0.15, 0.2) is 195 Å². The van der Waals surface area contributed by atoms with Crippen molar-refractivity contribution in [2.45, 2.75) is 19.8 Å². The molecule has 0 radical (unpaired) electrons. The van der Waals surface area contributed by atoms with E-state index in [1.807, 2.05) is 6.08 Å². The maximum Gasteiger partial charge on any atom is 0.0641 e. The van der Waals surface area contributed by atoms with Crippen LogP contribution in [0, 0.1) is 6.92 Å². The molecule has 272 valence electrons. The fourth-order valence-corrected chi connectivity index (χ4v) is 9.38. The maximum atomic E-state index is 4.11. The second kappa shape index (κ2) is 13.2. The van der Waals surface area contributed by atoms with E-state index in [1.54, 1.807) is 0 Å². The Morgan fingerprint density at radius 3 is 1.95 bits per heavy atom. The van der Waals surface area contributed by atoms with Crippen LogP contribution in [0.2, 0.25) is 0 Å². The van der Waals surface area contributed by atoms with E-state index in [4.69, 9.17) is 0 Å². The molecule has 0 fully saturated rings. The predicted molar refractivity (Wildman–Crippen MR) is 239 cm³/mol. The van der Waals surface area contributed by atoms with Gasteiger partial charge in [-0.15, -0.1) is 6.58 Å². The fraction of sp³-hybridized carbons (Fsp3) is 0.0566. The molecule has 10 aromatic rings. The Morgan fingerprint density at radius 2 is 1.16 bits per heavy atom. The van der Waals surface area contributed by atoms with Crippen molar-refractivity contribution < 1.29 is 0 Å². The zero-order valence-corrected chi connectivity index (χ0v) is 31.8. The van der Waals surface area contributed by atoms with Crippen molar-refractivity contribution in [3.63, 3.8) is 0 Å². The summed E-state index contributed by atoms with van der Waals surface area (Å²) in [7, 11) is 0. The normalized spacial score (nSPS) is 12.1. The van der Waals surface area contributed by atoms with Gasteiger partial charge in [-0.1, -0.05) is 109 Å². The fourth-order valence-electron chi connectivity index (χ4n) is 9.38. The SMILES string of the molecule is C=CCCc1c(C)c2ccc3c(ccn3-c3ccccc3)c2n1-c1cccc(N2c3ccccc3-c3c(n(-c4ccccc4)c4ccccc34)-c3ccccc32)c1. The van der Waals surface area contributed by atoms with Gasteiger partial charge in [0.25, 0.3) is 0 Å². The molecule has 7 aromatic carbocycles. The first-order chi connectivity index (χ1) is 28.2. The number of benzene rings is 7. The standard InChI is InChI=1S/C53H40N4/c1-3-4-27-46-36(2)41-31-32-47-45(33-34-54(47)37-18-7-5-8-19-37)52(41)57(46)40-23-17-22-39(35-40)55-48-28-14-11-24-42(48)51-43-25-12-15-29-49(43)56(38-20-9-6-10-21-38)53(51)44-26-13-16-30-50(44)55/h3,5-26,28-35H,1,4,27H2,2H3. The first-order valence-electron chi connectivity index (χ1n) is 19.8. The van der Waals surface area contributed by atoms with Gasteiger partial charge in [0.15, 0.2) is 0 Å². The molecule has 0 unspecified atom stereocenters. The zero-order valence-electron chi connectivity index (χ0n) is 31.8. The minimum atomic E-state index is 0.897. The van der Waals surface area contributed by atoms with Crippen LogP contribution in [-0.2, 0) is 6.42 Å². The third-order valence-electron chi connectivity index (χ3n) is 11.8. The number of anilines is 3. The Balaban J connectivity index is 1.17. The summed E-state index contributed by atoms with van der Waals surface area (Å²) in [5.74, 6) is 0. The van der Waals surface area contributed by atoms with E-state index in [-0.39, 0.29) is 0 Å². The number of fused-ring (bicyclic) bond motifs is 10. The molecule has 11 rings (SSSR count). The largest absolute Gasteiger partial charge is 0.316 e. The molecule has 0 saturated carbocycles. The van der Waals surface area contributed by atoms with E-state index in [0.717, 1.165) is 47.0 Å². The summed E-state index contributed by atoms with van der Waals surface area (Å²) in [4.78, 5) is 2.47. The molecule has 57 heavy (non-hydrogen) atoms. The molecular formula is C53H40N4. The Bertz CT molecular complexity index is 3160. The minimum absolute atomic E-state index is 0.897. The molecular weight excluding hydrogens is 693 g/mol. The second-order valence-electron chi connectivity index (χ2n) is 15.0. The minimum Gasteiger partial charge on any atom is -0.316 e. The molecule has 1 aliphatic rings. The van der Waals surface area contributed by atoms with E-state index < -0.39 is 0 Å². The second-order valence-corrected chi connectivity index (χ2v) is 15.0. The van der Waals surface area contributed by atoms with Gasteiger partial charge >= 0.3 is 0 Å². The van der Waals surface area contributed by atoms with Gasteiger partial charge in [-0.25, -0.2) is 0 Å². The Hall–Kier alpha value is -7.30. The topological polar surface area (TPSA) is 18.0 Å². The smallest absolute Gasteiger partial charge is 0.0641 e. The van der Waals surface area contributed by atoms with Crippen molar-refractivity contribution >= 4 is 49.8 Å². The maximum absolute atomic E-state index is 4.11. The molecule has 1 aliphatic heterocycles. The number of nitrogens with zero attached hydrogens (tertiary/aromatic N) is 4. The van der Waals surface area contributed by atoms with E-state index in [1.165, 1.54) is 66.4 Å². The van der Waals surface area contributed by atoms with Crippen LogP contribution in [0.4, 0.5) is 17.1 Å². The summed E-state index contributed by atoms with van der Waals surface area (Å²) >= 11 is 0. The average Bonchev–Trinajstić information content (AvgIpc) is 3.92. The number of hydrogen-bond donors (Lipinski definition) is 0.